The van der Waals surface area contributed by atoms with Gasteiger partial charge in [0.25, 0.3) is 0 Å². The predicted molar refractivity (Wildman–Crippen MR) is 104 cm³/mol. The minimum atomic E-state index is -0.550. The third-order valence-electron chi connectivity index (χ3n) is 4.15. The van der Waals surface area contributed by atoms with Crippen molar-refractivity contribution in [2.75, 3.05) is 19.8 Å². The molecule has 1 N–H and O–H groups in total. The number of aliphatic hydroxyl groups excluding tert-OH is 1. The fourth-order valence-corrected chi connectivity index (χ4v) is 2.78. The van der Waals surface area contributed by atoms with Crippen LogP contribution in [0, 0.1) is 0 Å². The minimum Gasteiger partial charge on any atom is -0.444 e. The third-order valence-corrected chi connectivity index (χ3v) is 4.15. The molecule has 26 heavy (non-hydrogen) atoms. The zero-order valence-electron chi connectivity index (χ0n) is 16.2. The van der Waals surface area contributed by atoms with Crippen LogP contribution in [0.15, 0.2) is 48.7 Å². The quantitative estimate of drug-likeness (QED) is 0.839. The molecule has 5 nitrogen and oxygen atoms in total. The molecule has 2 rings (SSSR count). The highest BCUT2D eigenvalue weighted by Crippen LogP contribution is 2.24. The van der Waals surface area contributed by atoms with Gasteiger partial charge in [0, 0.05) is 19.4 Å². The molecule has 0 spiro atoms. The smallest absolute Gasteiger partial charge is 0.412 e. The molecule has 1 unspecified atom stereocenters. The predicted octanol–water partition coefficient (Wildman–Crippen LogP) is 3.86. The Morgan fingerprint density at radius 2 is 2.12 bits per heavy atom. The van der Waals surface area contributed by atoms with Gasteiger partial charge >= 0.3 is 6.09 Å². The van der Waals surface area contributed by atoms with E-state index in [4.69, 9.17) is 4.74 Å². The molecule has 1 amide bonds. The number of rotatable bonds is 6. The lowest BCUT2D eigenvalue weighted by molar-refractivity contribution is 0.00794. The van der Waals surface area contributed by atoms with Crippen LogP contribution in [0.4, 0.5) is 4.79 Å². The molecule has 1 aromatic rings. The van der Waals surface area contributed by atoms with Gasteiger partial charge in [0.1, 0.15) is 5.60 Å². The first-order valence-corrected chi connectivity index (χ1v) is 9.07. The molecule has 1 heterocycles. The van der Waals surface area contributed by atoms with E-state index in [9.17, 15) is 9.90 Å². The van der Waals surface area contributed by atoms with Crippen molar-refractivity contribution in [2.24, 2.45) is 0 Å². The highest BCUT2D eigenvalue weighted by Gasteiger charge is 2.28. The van der Waals surface area contributed by atoms with Gasteiger partial charge in [0.15, 0.2) is 0 Å². The topological polar surface area (TPSA) is 53.0 Å². The van der Waals surface area contributed by atoms with Crippen LogP contribution in [0.1, 0.15) is 44.9 Å². The van der Waals surface area contributed by atoms with Crippen molar-refractivity contribution in [2.45, 2.75) is 45.8 Å². The van der Waals surface area contributed by atoms with Crippen LogP contribution >= 0.6 is 0 Å². The van der Waals surface area contributed by atoms with E-state index in [0.29, 0.717) is 13.1 Å². The highest BCUT2D eigenvalue weighted by molar-refractivity contribution is 5.68. The Morgan fingerprint density at radius 3 is 2.73 bits per heavy atom. The molecule has 1 aromatic carbocycles. The average Bonchev–Trinajstić information content (AvgIpc) is 2.59. The molecule has 1 atom stereocenters. The fraction of sp³-hybridized carbons (Fsp3) is 0.476. The van der Waals surface area contributed by atoms with Gasteiger partial charge in [-0.15, -0.1) is 0 Å². The normalized spacial score (nSPS) is 15.0. The van der Waals surface area contributed by atoms with E-state index >= 15 is 0 Å². The van der Waals surface area contributed by atoms with Gasteiger partial charge in [-0.3, -0.25) is 4.90 Å². The number of benzene rings is 1. The first-order valence-electron chi connectivity index (χ1n) is 9.07. The largest absolute Gasteiger partial charge is 0.444 e. The molecule has 0 aliphatic carbocycles. The van der Waals surface area contributed by atoms with Crippen molar-refractivity contribution >= 4 is 6.09 Å². The second kappa shape index (κ2) is 8.90. The van der Waals surface area contributed by atoms with E-state index in [-0.39, 0.29) is 18.7 Å². The summed E-state index contributed by atoms with van der Waals surface area (Å²) in [6, 6.07) is 7.86. The average molecular weight is 358 g/mol. The molecular weight excluding hydrogens is 328 g/mol. The summed E-state index contributed by atoms with van der Waals surface area (Å²) in [5.41, 5.74) is 1.53. The Morgan fingerprint density at radius 1 is 1.35 bits per heavy atom. The monoisotopic (exact) mass is 358 g/mol. The van der Waals surface area contributed by atoms with E-state index in [1.165, 1.54) is 0 Å². The number of ether oxygens (including phenoxy) is 1. The van der Waals surface area contributed by atoms with Gasteiger partial charge in [-0.2, -0.15) is 0 Å². The van der Waals surface area contributed by atoms with Crippen LogP contribution in [-0.2, 0) is 11.2 Å². The molecule has 1 aliphatic rings. The van der Waals surface area contributed by atoms with Crippen molar-refractivity contribution in [3.05, 3.63) is 59.8 Å². The number of hydrogen-bond acceptors (Lipinski definition) is 4. The summed E-state index contributed by atoms with van der Waals surface area (Å²) in [5.74, 6) is 0. The van der Waals surface area contributed by atoms with Gasteiger partial charge in [0.05, 0.1) is 12.7 Å². The number of carbonyl (C=O) groups is 1. The summed E-state index contributed by atoms with van der Waals surface area (Å²) in [6.07, 6.45) is 8.26. The Labute approximate surface area is 156 Å². The van der Waals surface area contributed by atoms with Gasteiger partial charge in [-0.25, -0.2) is 4.79 Å². The van der Waals surface area contributed by atoms with Crippen LogP contribution in [-0.4, -0.2) is 46.4 Å². The van der Waals surface area contributed by atoms with Gasteiger partial charge < -0.3 is 14.7 Å². The highest BCUT2D eigenvalue weighted by atomic mass is 16.6. The van der Waals surface area contributed by atoms with Crippen LogP contribution in [0.2, 0.25) is 0 Å². The lowest BCUT2D eigenvalue weighted by atomic mass is 10.0. The molecule has 5 heteroatoms. The summed E-state index contributed by atoms with van der Waals surface area (Å²) in [6.45, 7) is 8.94. The zero-order chi connectivity index (χ0) is 19.2. The van der Waals surface area contributed by atoms with E-state index in [1.807, 2.05) is 70.3 Å². The SMILES string of the molecule is CC(c1cccc(CCO)c1)N(CN1C=CC=CC1)C(=O)OC(C)(C)C. The molecule has 0 radical (unpaired) electrons. The fourth-order valence-electron chi connectivity index (χ4n) is 2.78. The lowest BCUT2D eigenvalue weighted by Crippen LogP contribution is -2.44. The van der Waals surface area contributed by atoms with Crippen LogP contribution < -0.4 is 0 Å². The van der Waals surface area contributed by atoms with Crippen LogP contribution in [0.3, 0.4) is 0 Å². The summed E-state index contributed by atoms with van der Waals surface area (Å²) < 4.78 is 5.64. The summed E-state index contributed by atoms with van der Waals surface area (Å²) in [4.78, 5) is 16.7. The van der Waals surface area contributed by atoms with E-state index in [0.717, 1.165) is 17.7 Å². The van der Waals surface area contributed by atoms with E-state index in [1.54, 1.807) is 4.90 Å². The Bertz CT molecular complexity index is 661. The molecule has 0 aromatic heterocycles. The van der Waals surface area contributed by atoms with E-state index < -0.39 is 5.60 Å². The maximum absolute atomic E-state index is 12.9. The summed E-state index contributed by atoms with van der Waals surface area (Å²) in [5, 5.41) is 9.19. The van der Waals surface area contributed by atoms with E-state index in [2.05, 4.69) is 11.0 Å². The first kappa shape index (κ1) is 20.0. The Kier molecular flexibility index (Phi) is 6.86. The molecule has 0 fully saturated rings. The van der Waals surface area contributed by atoms with Crippen molar-refractivity contribution in [3.63, 3.8) is 0 Å². The van der Waals surface area contributed by atoms with Crippen molar-refractivity contribution in [3.8, 4) is 0 Å². The first-order chi connectivity index (χ1) is 12.3. The lowest BCUT2D eigenvalue weighted by Gasteiger charge is -2.35. The maximum Gasteiger partial charge on any atom is 0.412 e. The Balaban J connectivity index is 2.23. The molecule has 1 aliphatic heterocycles. The van der Waals surface area contributed by atoms with Crippen molar-refractivity contribution in [1.29, 1.82) is 0 Å². The molecule has 0 saturated carbocycles. The van der Waals surface area contributed by atoms with Crippen molar-refractivity contribution in [1.82, 2.24) is 9.80 Å². The van der Waals surface area contributed by atoms with Gasteiger partial charge in [-0.05, 0) is 51.3 Å². The zero-order valence-corrected chi connectivity index (χ0v) is 16.2. The number of aliphatic hydroxyl groups is 1. The minimum absolute atomic E-state index is 0.110. The van der Waals surface area contributed by atoms with Crippen molar-refractivity contribution < 1.29 is 14.6 Å². The maximum atomic E-state index is 12.9. The molecule has 0 saturated heterocycles. The molecule has 0 bridgehead atoms. The summed E-state index contributed by atoms with van der Waals surface area (Å²) >= 11 is 0. The van der Waals surface area contributed by atoms with Crippen LogP contribution in [0.25, 0.3) is 0 Å². The molecular formula is C21H30N2O3. The number of allylic oxidation sites excluding steroid dienone is 2. The standard InChI is InChI=1S/C21H30N2O3/c1-17(19-10-8-9-18(15-19)11-14-24)23(20(25)26-21(2,3)4)16-22-12-6-5-7-13-22/h5-10,12,15,17,24H,11,13-14,16H2,1-4H3. The number of amides is 1. The second-order valence-corrected chi connectivity index (χ2v) is 7.53. The van der Waals surface area contributed by atoms with Gasteiger partial charge in [-0.1, -0.05) is 36.4 Å². The Hall–Kier alpha value is -2.27. The van der Waals surface area contributed by atoms with Crippen LogP contribution in [0.5, 0.6) is 0 Å². The number of nitrogens with zero attached hydrogens (tertiary/aromatic N) is 2. The second-order valence-electron chi connectivity index (χ2n) is 7.53. The molecule has 142 valence electrons. The number of carbonyl (C=O) groups excluding carboxylic acids is 1. The van der Waals surface area contributed by atoms with Gasteiger partial charge in [0.2, 0.25) is 0 Å². The number of hydrogen-bond donors (Lipinski definition) is 1. The third kappa shape index (κ3) is 5.92. The summed E-state index contributed by atoms with van der Waals surface area (Å²) in [7, 11) is 0.